The molecule has 0 bridgehead atoms. The topological polar surface area (TPSA) is 58.2 Å². The van der Waals surface area contributed by atoms with Gasteiger partial charge in [-0.15, -0.1) is 0 Å². The molecule has 0 heterocycles. The van der Waals surface area contributed by atoms with Crippen molar-refractivity contribution in [2.24, 2.45) is 0 Å². The van der Waals surface area contributed by atoms with Gasteiger partial charge in [0.2, 0.25) is 5.41 Å². The Morgan fingerprint density at radius 3 is 1.14 bits per heavy atom. The largest absolute Gasteiger partial charge is 0.411 e. The van der Waals surface area contributed by atoms with Crippen LogP contribution in [-0.4, -0.2) is 24.2 Å². The Balaban J connectivity index is 1.85. The molecular formula is C33H28F6N2O2. The average Bonchev–Trinajstić information content (AvgIpc) is 2.91. The van der Waals surface area contributed by atoms with Gasteiger partial charge in [-0.25, -0.2) is 0 Å². The molecule has 2 N–H and O–H groups in total. The van der Waals surface area contributed by atoms with Crippen LogP contribution in [0.25, 0.3) is 0 Å². The summed E-state index contributed by atoms with van der Waals surface area (Å²) < 4.78 is 89.7. The van der Waals surface area contributed by atoms with Crippen molar-refractivity contribution in [3.8, 4) is 0 Å². The number of halogens is 6. The third kappa shape index (κ3) is 6.14. The zero-order chi connectivity index (χ0) is 31.7. The lowest BCUT2D eigenvalue weighted by atomic mass is 9.72. The van der Waals surface area contributed by atoms with Crippen LogP contribution in [0.5, 0.6) is 0 Å². The minimum atomic E-state index is -5.87. The summed E-state index contributed by atoms with van der Waals surface area (Å²) in [5.41, 5.74) is -4.58. The van der Waals surface area contributed by atoms with Crippen molar-refractivity contribution in [3.63, 3.8) is 0 Å². The van der Waals surface area contributed by atoms with Crippen LogP contribution < -0.4 is 10.6 Å². The Bertz CT molecular complexity index is 1530. The second kappa shape index (κ2) is 11.6. The third-order valence-electron chi connectivity index (χ3n) is 7.32. The number of hydrogen-bond acceptors (Lipinski definition) is 2. The first-order valence-corrected chi connectivity index (χ1v) is 13.2. The summed E-state index contributed by atoms with van der Waals surface area (Å²) in [7, 11) is 0. The van der Waals surface area contributed by atoms with Gasteiger partial charge in [0.25, 0.3) is 11.8 Å². The smallest absolute Gasteiger partial charge is 0.322 e. The number of carbonyl (C=O) groups excluding carboxylic acids is 2. The quantitative estimate of drug-likeness (QED) is 0.218. The molecule has 4 nitrogen and oxygen atoms in total. The number of nitrogens with one attached hydrogen (secondary N) is 2. The molecule has 2 amide bonds. The van der Waals surface area contributed by atoms with Gasteiger partial charge < -0.3 is 10.6 Å². The fraction of sp³-hybridized carbons (Fsp3) is 0.212. The molecule has 0 fully saturated rings. The van der Waals surface area contributed by atoms with Crippen molar-refractivity contribution in [1.29, 1.82) is 0 Å². The van der Waals surface area contributed by atoms with Crippen molar-refractivity contribution in [2.45, 2.75) is 45.5 Å². The Labute approximate surface area is 244 Å². The molecule has 4 rings (SSSR count). The highest BCUT2D eigenvalue weighted by atomic mass is 19.4. The van der Waals surface area contributed by atoms with E-state index in [-0.39, 0.29) is 33.6 Å². The van der Waals surface area contributed by atoms with Crippen LogP contribution >= 0.6 is 0 Å². The maximum absolute atomic E-state index is 14.9. The zero-order valence-corrected chi connectivity index (χ0v) is 23.7. The van der Waals surface area contributed by atoms with Gasteiger partial charge >= 0.3 is 12.4 Å². The lowest BCUT2D eigenvalue weighted by Gasteiger charge is -2.39. The lowest BCUT2D eigenvalue weighted by Crippen LogP contribution is -2.54. The van der Waals surface area contributed by atoms with E-state index in [9.17, 15) is 35.9 Å². The molecule has 10 heteroatoms. The number of amides is 2. The highest BCUT2D eigenvalue weighted by Gasteiger charge is 2.72. The van der Waals surface area contributed by atoms with Gasteiger partial charge in [0.1, 0.15) is 0 Å². The Hall–Kier alpha value is -4.60. The van der Waals surface area contributed by atoms with E-state index < -0.39 is 40.7 Å². The minimum Gasteiger partial charge on any atom is -0.322 e. The van der Waals surface area contributed by atoms with Gasteiger partial charge in [0.05, 0.1) is 0 Å². The summed E-state index contributed by atoms with van der Waals surface area (Å²) in [4.78, 5) is 25.7. The van der Waals surface area contributed by atoms with E-state index in [1.807, 2.05) is 0 Å². The maximum Gasteiger partial charge on any atom is 0.411 e. The van der Waals surface area contributed by atoms with E-state index in [0.717, 1.165) is 35.4 Å². The van der Waals surface area contributed by atoms with E-state index in [4.69, 9.17) is 0 Å². The van der Waals surface area contributed by atoms with Gasteiger partial charge in [-0.05, 0) is 86.3 Å². The first-order chi connectivity index (χ1) is 20.0. The van der Waals surface area contributed by atoms with Crippen molar-refractivity contribution in [2.75, 3.05) is 10.6 Å². The minimum absolute atomic E-state index is 0.181. The van der Waals surface area contributed by atoms with E-state index in [1.54, 1.807) is 38.1 Å². The Kier molecular flexibility index (Phi) is 8.44. The highest BCUT2D eigenvalue weighted by molar-refractivity contribution is 6.05. The van der Waals surface area contributed by atoms with Crippen LogP contribution in [0, 0.1) is 27.7 Å². The van der Waals surface area contributed by atoms with Crippen LogP contribution in [0.1, 0.15) is 54.1 Å². The number of rotatable bonds is 6. The van der Waals surface area contributed by atoms with Crippen LogP contribution in [0.3, 0.4) is 0 Å². The summed E-state index contributed by atoms with van der Waals surface area (Å²) in [5.74, 6) is -1.39. The SMILES string of the molecule is Cc1ccc(C(=O)Nc2cc(C(c3ccc(C)c(NC(=O)c4ccc(C)cc4)c3)(C(F)(F)F)C(F)(F)F)ccc2C)cc1. The third-order valence-corrected chi connectivity index (χ3v) is 7.32. The fourth-order valence-electron chi connectivity index (χ4n) is 4.76. The first kappa shape index (κ1) is 31.3. The number of aryl methyl sites for hydroxylation is 4. The molecule has 0 saturated carbocycles. The summed E-state index contributed by atoms with van der Waals surface area (Å²) in [6, 6.07) is 17.7. The average molecular weight is 599 g/mol. The number of benzene rings is 4. The normalized spacial score (nSPS) is 12.1. The maximum atomic E-state index is 14.9. The summed E-state index contributed by atoms with van der Waals surface area (Å²) in [6.07, 6.45) is -11.7. The van der Waals surface area contributed by atoms with Gasteiger partial charge in [-0.2, -0.15) is 26.3 Å². The van der Waals surface area contributed by atoms with Crippen molar-refractivity contribution in [3.05, 3.63) is 129 Å². The summed E-state index contributed by atoms with van der Waals surface area (Å²) in [5, 5.41) is 4.90. The summed E-state index contributed by atoms with van der Waals surface area (Å²) in [6.45, 7) is 6.52. The van der Waals surface area contributed by atoms with Crippen molar-refractivity contribution >= 4 is 23.2 Å². The van der Waals surface area contributed by atoms with Gasteiger partial charge in [0, 0.05) is 22.5 Å². The van der Waals surface area contributed by atoms with Crippen LogP contribution in [0.2, 0.25) is 0 Å². The van der Waals surface area contributed by atoms with E-state index >= 15 is 0 Å². The molecule has 0 atom stereocenters. The predicted octanol–water partition coefficient (Wildman–Crippen LogP) is 8.84. The molecule has 0 aliphatic rings. The first-order valence-electron chi connectivity index (χ1n) is 13.2. The molecule has 0 saturated heterocycles. The second-order valence-corrected chi connectivity index (χ2v) is 10.4. The molecule has 0 unspecified atom stereocenters. The number of anilines is 2. The Morgan fingerprint density at radius 1 is 0.512 bits per heavy atom. The van der Waals surface area contributed by atoms with Gasteiger partial charge in [0.15, 0.2) is 0 Å². The van der Waals surface area contributed by atoms with Gasteiger partial charge in [-0.3, -0.25) is 9.59 Å². The number of hydrogen-bond donors (Lipinski definition) is 2. The molecule has 43 heavy (non-hydrogen) atoms. The van der Waals surface area contributed by atoms with Crippen LogP contribution in [0.15, 0.2) is 84.9 Å². The molecule has 4 aromatic rings. The van der Waals surface area contributed by atoms with Crippen molar-refractivity contribution < 1.29 is 35.9 Å². The molecular weight excluding hydrogens is 570 g/mol. The highest BCUT2D eigenvalue weighted by Crippen LogP contribution is 2.57. The molecule has 0 radical (unpaired) electrons. The molecule has 224 valence electrons. The van der Waals surface area contributed by atoms with Crippen LogP contribution in [0.4, 0.5) is 37.7 Å². The summed E-state index contributed by atoms with van der Waals surface area (Å²) >= 11 is 0. The van der Waals surface area contributed by atoms with E-state index in [0.29, 0.717) is 12.1 Å². The predicted molar refractivity (Wildman–Crippen MR) is 154 cm³/mol. The molecule has 0 aliphatic carbocycles. The monoisotopic (exact) mass is 598 g/mol. The fourth-order valence-corrected chi connectivity index (χ4v) is 4.76. The second-order valence-electron chi connectivity index (χ2n) is 10.4. The number of carbonyl (C=O) groups is 2. The van der Waals surface area contributed by atoms with Gasteiger partial charge in [-0.1, -0.05) is 59.7 Å². The molecule has 0 aliphatic heterocycles. The molecule has 0 aromatic heterocycles. The zero-order valence-electron chi connectivity index (χ0n) is 23.7. The Morgan fingerprint density at radius 2 is 0.837 bits per heavy atom. The van der Waals surface area contributed by atoms with E-state index in [2.05, 4.69) is 10.6 Å². The standard InChI is InChI=1S/C33H28F6N2O2/c1-19-5-11-23(12-6-19)29(42)40-27-17-25(15-9-21(27)3)31(32(34,35)36,33(37,38)39)26-16-10-22(4)28(18-26)41-30(43)24-13-7-20(2)8-14-24/h5-18H,1-4H3,(H,40,42)(H,41,43). The molecule has 4 aromatic carbocycles. The molecule has 0 spiro atoms. The lowest BCUT2D eigenvalue weighted by molar-refractivity contribution is -0.288. The van der Waals surface area contributed by atoms with Crippen molar-refractivity contribution in [1.82, 2.24) is 0 Å². The van der Waals surface area contributed by atoms with E-state index in [1.165, 1.54) is 38.1 Å². The number of alkyl halides is 6. The van der Waals surface area contributed by atoms with Crippen LogP contribution in [-0.2, 0) is 5.41 Å².